The maximum atomic E-state index is 12.2. The van der Waals surface area contributed by atoms with Crippen LogP contribution in [0.4, 0.5) is 13.2 Å². The molecule has 1 heterocycles. The molecule has 88 valence electrons. The molecule has 1 aliphatic heterocycles. The summed E-state index contributed by atoms with van der Waals surface area (Å²) in [6.07, 6.45) is -3.12. The number of carbonyl (C=O) groups is 1. The minimum Gasteiger partial charge on any atom is -0.331 e. The lowest BCUT2D eigenvalue weighted by Crippen LogP contribution is -2.48. The fraction of sp³-hybridized carbons (Fsp3) is 0.889. The predicted molar refractivity (Wildman–Crippen MR) is 49.3 cm³/mol. The molecular formula is C9H15F3N2O. The fourth-order valence-electron chi connectivity index (χ4n) is 1.81. The Kier molecular flexibility index (Phi) is 3.96. The topological polar surface area (TPSA) is 32.3 Å². The first kappa shape index (κ1) is 12.3. The van der Waals surface area contributed by atoms with Gasteiger partial charge in [-0.2, -0.15) is 13.2 Å². The van der Waals surface area contributed by atoms with Crippen molar-refractivity contribution in [1.29, 1.82) is 0 Å². The third-order valence-electron chi connectivity index (χ3n) is 2.50. The van der Waals surface area contributed by atoms with Gasteiger partial charge in [-0.3, -0.25) is 4.79 Å². The van der Waals surface area contributed by atoms with Gasteiger partial charge in [0.2, 0.25) is 5.91 Å². The van der Waals surface area contributed by atoms with Gasteiger partial charge < -0.3 is 10.2 Å². The Hall–Kier alpha value is -0.780. The smallest absolute Gasteiger partial charge is 0.331 e. The largest absolute Gasteiger partial charge is 0.406 e. The molecule has 1 aliphatic rings. The van der Waals surface area contributed by atoms with Crippen molar-refractivity contribution >= 4 is 5.91 Å². The van der Waals surface area contributed by atoms with Crippen molar-refractivity contribution in [3.63, 3.8) is 0 Å². The van der Waals surface area contributed by atoms with Crippen molar-refractivity contribution < 1.29 is 18.0 Å². The summed E-state index contributed by atoms with van der Waals surface area (Å²) in [5.74, 6) is -0.501. The van der Waals surface area contributed by atoms with Crippen molar-refractivity contribution in [2.45, 2.75) is 32.0 Å². The third kappa shape index (κ3) is 4.07. The third-order valence-corrected chi connectivity index (χ3v) is 2.50. The minimum atomic E-state index is -4.31. The average molecular weight is 224 g/mol. The predicted octanol–water partition coefficient (Wildman–Crippen LogP) is 1.15. The van der Waals surface area contributed by atoms with Crippen LogP contribution in [0.3, 0.4) is 0 Å². The monoisotopic (exact) mass is 224 g/mol. The molecule has 0 saturated carbocycles. The molecule has 0 aromatic heterocycles. The lowest BCUT2D eigenvalue weighted by molar-refractivity contribution is -0.165. The van der Waals surface area contributed by atoms with E-state index in [2.05, 4.69) is 5.32 Å². The number of rotatable bonds is 2. The van der Waals surface area contributed by atoms with Crippen LogP contribution in [0.5, 0.6) is 0 Å². The highest BCUT2D eigenvalue weighted by atomic mass is 19.4. The summed E-state index contributed by atoms with van der Waals surface area (Å²) in [7, 11) is 0. The van der Waals surface area contributed by atoms with Gasteiger partial charge in [0, 0.05) is 13.0 Å². The normalized spacial score (nSPS) is 18.9. The van der Waals surface area contributed by atoms with Gasteiger partial charge in [-0.1, -0.05) is 0 Å². The lowest BCUT2D eigenvalue weighted by Gasteiger charge is -2.34. The second-order valence-corrected chi connectivity index (χ2v) is 3.74. The highest BCUT2D eigenvalue weighted by Gasteiger charge is 2.35. The summed E-state index contributed by atoms with van der Waals surface area (Å²) in [5.41, 5.74) is 0. The van der Waals surface area contributed by atoms with Crippen molar-refractivity contribution in [2.75, 3.05) is 19.6 Å². The van der Waals surface area contributed by atoms with E-state index in [4.69, 9.17) is 0 Å². The molecule has 0 aromatic rings. The highest BCUT2D eigenvalue weighted by Crippen LogP contribution is 2.21. The summed E-state index contributed by atoms with van der Waals surface area (Å²) >= 11 is 0. The molecule has 0 atom stereocenters. The van der Waals surface area contributed by atoms with E-state index in [9.17, 15) is 18.0 Å². The summed E-state index contributed by atoms with van der Waals surface area (Å²) in [4.78, 5) is 12.1. The van der Waals surface area contributed by atoms with Crippen LogP contribution in [0.1, 0.15) is 19.8 Å². The van der Waals surface area contributed by atoms with Crippen molar-refractivity contribution in [3.8, 4) is 0 Å². The molecule has 0 radical (unpaired) electrons. The molecule has 6 heteroatoms. The van der Waals surface area contributed by atoms with E-state index >= 15 is 0 Å². The number of carbonyl (C=O) groups excluding carboxylic acids is 1. The first-order valence-electron chi connectivity index (χ1n) is 4.95. The van der Waals surface area contributed by atoms with E-state index < -0.39 is 18.6 Å². The van der Waals surface area contributed by atoms with E-state index in [1.54, 1.807) is 0 Å². The Labute approximate surface area is 86.6 Å². The number of nitrogens with one attached hydrogen (secondary N) is 1. The summed E-state index contributed by atoms with van der Waals surface area (Å²) in [6.45, 7) is 1.40. The molecule has 0 unspecified atom stereocenters. The van der Waals surface area contributed by atoms with Crippen LogP contribution in [-0.4, -0.2) is 42.7 Å². The van der Waals surface area contributed by atoms with Gasteiger partial charge >= 0.3 is 6.18 Å². The summed E-state index contributed by atoms with van der Waals surface area (Å²) in [5, 5.41) is 3.05. The van der Waals surface area contributed by atoms with Crippen LogP contribution in [-0.2, 0) is 4.79 Å². The number of alkyl halides is 3. The maximum Gasteiger partial charge on any atom is 0.406 e. The average Bonchev–Trinajstić information content (AvgIpc) is 2.14. The van der Waals surface area contributed by atoms with Crippen LogP contribution in [0.15, 0.2) is 0 Å². The van der Waals surface area contributed by atoms with E-state index in [1.165, 1.54) is 6.92 Å². The SMILES string of the molecule is CC(=O)N(CC(F)(F)F)C1CCNCC1. The molecule has 0 bridgehead atoms. The lowest BCUT2D eigenvalue weighted by atomic mass is 10.0. The van der Waals surface area contributed by atoms with Crippen LogP contribution >= 0.6 is 0 Å². The van der Waals surface area contributed by atoms with Crippen LogP contribution < -0.4 is 5.32 Å². The van der Waals surface area contributed by atoms with Crippen molar-refractivity contribution in [1.82, 2.24) is 10.2 Å². The standard InChI is InChI=1S/C9H15F3N2O/c1-7(15)14(6-9(10,11)12)8-2-4-13-5-3-8/h8,13H,2-6H2,1H3. The first-order chi connectivity index (χ1) is 6.90. The minimum absolute atomic E-state index is 0.273. The summed E-state index contributed by atoms with van der Waals surface area (Å²) in [6, 6.07) is -0.273. The van der Waals surface area contributed by atoms with Gasteiger partial charge in [-0.25, -0.2) is 0 Å². The molecule has 0 aromatic carbocycles. The quantitative estimate of drug-likeness (QED) is 0.763. The van der Waals surface area contributed by atoms with E-state index in [0.29, 0.717) is 25.9 Å². The van der Waals surface area contributed by atoms with Crippen LogP contribution in [0, 0.1) is 0 Å². The molecule has 1 saturated heterocycles. The second kappa shape index (κ2) is 4.83. The molecule has 1 N–H and O–H groups in total. The Morgan fingerprint density at radius 3 is 2.33 bits per heavy atom. The van der Waals surface area contributed by atoms with E-state index in [1.807, 2.05) is 0 Å². The molecule has 1 rings (SSSR count). The molecule has 0 spiro atoms. The van der Waals surface area contributed by atoms with Gasteiger partial charge in [0.25, 0.3) is 0 Å². The number of piperidine rings is 1. The molecule has 0 aliphatic carbocycles. The van der Waals surface area contributed by atoms with Crippen molar-refractivity contribution in [3.05, 3.63) is 0 Å². The number of halogens is 3. The molecular weight excluding hydrogens is 209 g/mol. The van der Waals surface area contributed by atoms with E-state index in [0.717, 1.165) is 4.90 Å². The van der Waals surface area contributed by atoms with E-state index in [-0.39, 0.29) is 6.04 Å². The van der Waals surface area contributed by atoms with Gasteiger partial charge in [-0.15, -0.1) is 0 Å². The zero-order valence-electron chi connectivity index (χ0n) is 8.60. The maximum absolute atomic E-state index is 12.2. The van der Waals surface area contributed by atoms with Gasteiger partial charge in [0.15, 0.2) is 0 Å². The van der Waals surface area contributed by atoms with Gasteiger partial charge in [-0.05, 0) is 25.9 Å². The second-order valence-electron chi connectivity index (χ2n) is 3.74. The highest BCUT2D eigenvalue weighted by molar-refractivity contribution is 5.73. The number of amides is 1. The first-order valence-corrected chi connectivity index (χ1v) is 4.95. The zero-order valence-corrected chi connectivity index (χ0v) is 8.60. The van der Waals surface area contributed by atoms with Gasteiger partial charge in [0.1, 0.15) is 6.54 Å². The van der Waals surface area contributed by atoms with Crippen LogP contribution in [0.25, 0.3) is 0 Å². The molecule has 15 heavy (non-hydrogen) atoms. The number of nitrogens with zero attached hydrogens (tertiary/aromatic N) is 1. The van der Waals surface area contributed by atoms with Gasteiger partial charge in [0.05, 0.1) is 0 Å². The Balaban J connectivity index is 2.60. The Morgan fingerprint density at radius 2 is 1.93 bits per heavy atom. The Bertz CT molecular complexity index is 224. The number of hydrogen-bond acceptors (Lipinski definition) is 2. The van der Waals surface area contributed by atoms with Crippen LogP contribution in [0.2, 0.25) is 0 Å². The Morgan fingerprint density at radius 1 is 1.40 bits per heavy atom. The number of hydrogen-bond donors (Lipinski definition) is 1. The molecule has 1 fully saturated rings. The zero-order chi connectivity index (χ0) is 11.5. The van der Waals surface area contributed by atoms with Crippen molar-refractivity contribution in [2.24, 2.45) is 0 Å². The molecule has 3 nitrogen and oxygen atoms in total. The molecule has 1 amide bonds. The fourth-order valence-corrected chi connectivity index (χ4v) is 1.81. The summed E-state index contributed by atoms with van der Waals surface area (Å²) < 4.78 is 36.6.